The molecular weight excluding hydrogens is 320 g/mol. The first kappa shape index (κ1) is 15.5. The molecule has 1 unspecified atom stereocenters. The lowest BCUT2D eigenvalue weighted by Gasteiger charge is -2.23. The van der Waals surface area contributed by atoms with Gasteiger partial charge in [-0.05, 0) is 54.2 Å². The fourth-order valence-corrected chi connectivity index (χ4v) is 2.86. The zero-order valence-electron chi connectivity index (χ0n) is 12.0. The molecule has 6 heteroatoms. The average molecular weight is 343 g/mol. The Kier molecular flexibility index (Phi) is 6.04. The van der Waals surface area contributed by atoms with Gasteiger partial charge in [0, 0.05) is 13.1 Å². The Hall–Kier alpha value is -0.880. The minimum Gasteiger partial charge on any atom is -0.382 e. The second-order valence-electron chi connectivity index (χ2n) is 5.35. The number of aromatic nitrogens is 2. The van der Waals surface area contributed by atoms with Crippen molar-refractivity contribution in [3.63, 3.8) is 0 Å². The Morgan fingerprint density at radius 1 is 1.60 bits per heavy atom. The highest BCUT2D eigenvalue weighted by Gasteiger charge is 2.14. The molecule has 1 fully saturated rings. The van der Waals surface area contributed by atoms with E-state index in [1.54, 1.807) is 6.20 Å². The highest BCUT2D eigenvalue weighted by Crippen LogP contribution is 2.18. The molecule has 20 heavy (non-hydrogen) atoms. The summed E-state index contributed by atoms with van der Waals surface area (Å²) in [7, 11) is 0. The lowest BCUT2D eigenvalue weighted by atomic mass is 10.00. The van der Waals surface area contributed by atoms with Crippen LogP contribution < -0.4 is 16.2 Å². The van der Waals surface area contributed by atoms with Gasteiger partial charge in [0.1, 0.15) is 4.47 Å². The van der Waals surface area contributed by atoms with E-state index in [1.165, 1.54) is 17.5 Å². The van der Waals surface area contributed by atoms with Crippen LogP contribution in [0.4, 0.5) is 5.69 Å². The van der Waals surface area contributed by atoms with Crippen molar-refractivity contribution in [1.82, 2.24) is 15.1 Å². The SMILES string of the molecule is CCCCn1ncc(NCC2CCCNC2)c(Br)c1=O. The number of nitrogens with zero attached hydrogens (tertiary/aromatic N) is 2. The molecular formula is C14H23BrN4O. The van der Waals surface area contributed by atoms with Crippen molar-refractivity contribution in [1.29, 1.82) is 0 Å². The normalized spacial score (nSPS) is 19.0. The highest BCUT2D eigenvalue weighted by atomic mass is 79.9. The molecule has 1 saturated heterocycles. The Bertz CT molecular complexity index is 483. The molecule has 1 aliphatic rings. The molecule has 0 aliphatic carbocycles. The molecule has 0 aromatic carbocycles. The molecule has 0 radical (unpaired) electrons. The van der Waals surface area contributed by atoms with Crippen molar-refractivity contribution in [3.05, 3.63) is 21.0 Å². The predicted octanol–water partition coefficient (Wildman–Crippen LogP) is 2.22. The monoisotopic (exact) mass is 342 g/mol. The molecule has 1 aliphatic heterocycles. The number of hydrogen-bond donors (Lipinski definition) is 2. The Morgan fingerprint density at radius 3 is 3.15 bits per heavy atom. The summed E-state index contributed by atoms with van der Waals surface area (Å²) in [5.74, 6) is 0.623. The van der Waals surface area contributed by atoms with Gasteiger partial charge in [0.05, 0.1) is 11.9 Å². The quantitative estimate of drug-likeness (QED) is 0.832. The largest absolute Gasteiger partial charge is 0.382 e. The van der Waals surface area contributed by atoms with Crippen LogP contribution in [0.25, 0.3) is 0 Å². The number of nitrogens with one attached hydrogen (secondary N) is 2. The lowest BCUT2D eigenvalue weighted by Crippen LogP contribution is -2.34. The summed E-state index contributed by atoms with van der Waals surface area (Å²) in [4.78, 5) is 12.1. The summed E-state index contributed by atoms with van der Waals surface area (Å²) in [5.41, 5.74) is 0.749. The molecule has 1 aromatic rings. The van der Waals surface area contributed by atoms with E-state index in [0.29, 0.717) is 16.9 Å². The molecule has 1 atom stereocenters. The second kappa shape index (κ2) is 7.78. The van der Waals surface area contributed by atoms with Crippen molar-refractivity contribution in [3.8, 4) is 0 Å². The third-order valence-electron chi connectivity index (χ3n) is 3.69. The van der Waals surface area contributed by atoms with Crippen molar-refractivity contribution in [2.45, 2.75) is 39.2 Å². The number of rotatable bonds is 6. The van der Waals surface area contributed by atoms with Crippen molar-refractivity contribution in [2.24, 2.45) is 5.92 Å². The maximum atomic E-state index is 12.1. The minimum absolute atomic E-state index is 0.0507. The molecule has 2 heterocycles. The summed E-state index contributed by atoms with van der Waals surface area (Å²) >= 11 is 3.40. The van der Waals surface area contributed by atoms with E-state index < -0.39 is 0 Å². The first-order chi connectivity index (χ1) is 9.72. The summed E-state index contributed by atoms with van der Waals surface area (Å²) in [6.45, 7) is 5.83. The minimum atomic E-state index is -0.0507. The third kappa shape index (κ3) is 4.06. The van der Waals surface area contributed by atoms with Crippen LogP contribution in [-0.2, 0) is 6.54 Å². The maximum absolute atomic E-state index is 12.1. The Labute approximate surface area is 128 Å². The van der Waals surface area contributed by atoms with Crippen LogP contribution in [0.2, 0.25) is 0 Å². The zero-order valence-corrected chi connectivity index (χ0v) is 13.6. The van der Waals surface area contributed by atoms with E-state index in [-0.39, 0.29) is 5.56 Å². The van der Waals surface area contributed by atoms with Gasteiger partial charge < -0.3 is 10.6 Å². The number of anilines is 1. The number of hydrogen-bond acceptors (Lipinski definition) is 4. The smallest absolute Gasteiger partial charge is 0.283 e. The van der Waals surface area contributed by atoms with Crippen LogP contribution in [-0.4, -0.2) is 29.4 Å². The van der Waals surface area contributed by atoms with Gasteiger partial charge in [0.15, 0.2) is 0 Å². The van der Waals surface area contributed by atoms with Gasteiger partial charge in [-0.15, -0.1) is 0 Å². The topological polar surface area (TPSA) is 59.0 Å². The third-order valence-corrected chi connectivity index (χ3v) is 4.45. The second-order valence-corrected chi connectivity index (χ2v) is 6.14. The van der Waals surface area contributed by atoms with E-state index in [4.69, 9.17) is 0 Å². The summed E-state index contributed by atoms with van der Waals surface area (Å²) in [6, 6.07) is 0. The van der Waals surface area contributed by atoms with Crippen molar-refractivity contribution < 1.29 is 0 Å². The first-order valence-corrected chi connectivity index (χ1v) is 8.22. The Balaban J connectivity index is 1.97. The Morgan fingerprint density at radius 2 is 2.45 bits per heavy atom. The van der Waals surface area contributed by atoms with Gasteiger partial charge in [-0.2, -0.15) is 5.10 Å². The average Bonchev–Trinajstić information content (AvgIpc) is 2.49. The fourth-order valence-electron chi connectivity index (χ4n) is 2.41. The van der Waals surface area contributed by atoms with Crippen LogP contribution in [0.15, 0.2) is 15.5 Å². The van der Waals surface area contributed by atoms with Crippen LogP contribution >= 0.6 is 15.9 Å². The highest BCUT2D eigenvalue weighted by molar-refractivity contribution is 9.10. The van der Waals surface area contributed by atoms with Gasteiger partial charge in [-0.25, -0.2) is 4.68 Å². The number of aryl methyl sites for hydroxylation is 1. The molecule has 112 valence electrons. The van der Waals surface area contributed by atoms with Crippen LogP contribution in [0.3, 0.4) is 0 Å². The molecule has 2 N–H and O–H groups in total. The van der Waals surface area contributed by atoms with Crippen LogP contribution in [0.5, 0.6) is 0 Å². The van der Waals surface area contributed by atoms with Gasteiger partial charge >= 0.3 is 0 Å². The van der Waals surface area contributed by atoms with Gasteiger partial charge in [0.25, 0.3) is 5.56 Å². The van der Waals surface area contributed by atoms with Crippen molar-refractivity contribution >= 4 is 21.6 Å². The van der Waals surface area contributed by atoms with E-state index in [2.05, 4.69) is 38.6 Å². The summed E-state index contributed by atoms with van der Waals surface area (Å²) < 4.78 is 2.12. The maximum Gasteiger partial charge on any atom is 0.283 e. The lowest BCUT2D eigenvalue weighted by molar-refractivity contribution is 0.392. The number of unbranched alkanes of at least 4 members (excludes halogenated alkanes) is 1. The molecule has 2 rings (SSSR count). The molecule has 0 amide bonds. The number of piperidine rings is 1. The van der Waals surface area contributed by atoms with Crippen molar-refractivity contribution in [2.75, 3.05) is 25.0 Å². The summed E-state index contributed by atoms with van der Waals surface area (Å²) in [6.07, 6.45) is 6.24. The molecule has 0 bridgehead atoms. The number of halogens is 1. The molecule has 0 saturated carbocycles. The van der Waals surface area contributed by atoms with Gasteiger partial charge in [0.2, 0.25) is 0 Å². The van der Waals surface area contributed by atoms with E-state index in [9.17, 15) is 4.79 Å². The molecule has 0 spiro atoms. The van der Waals surface area contributed by atoms with Crippen LogP contribution in [0, 0.1) is 5.92 Å². The fraction of sp³-hybridized carbons (Fsp3) is 0.714. The van der Waals surface area contributed by atoms with E-state index in [1.807, 2.05) is 0 Å². The van der Waals surface area contributed by atoms with E-state index >= 15 is 0 Å². The molecule has 1 aromatic heterocycles. The summed E-state index contributed by atoms with van der Waals surface area (Å²) in [5, 5.41) is 11.0. The van der Waals surface area contributed by atoms with Gasteiger partial charge in [-0.3, -0.25) is 4.79 Å². The van der Waals surface area contributed by atoms with E-state index in [0.717, 1.165) is 38.2 Å². The first-order valence-electron chi connectivity index (χ1n) is 7.42. The predicted molar refractivity (Wildman–Crippen MR) is 85.2 cm³/mol. The standard InChI is InChI=1S/C14H23BrN4O/c1-2-3-7-19-14(20)13(15)12(10-18-19)17-9-11-5-4-6-16-8-11/h10-11,16-17H,2-9H2,1H3. The molecule has 5 nitrogen and oxygen atoms in total. The zero-order chi connectivity index (χ0) is 14.4. The van der Waals surface area contributed by atoms with Crippen LogP contribution in [0.1, 0.15) is 32.6 Å². The van der Waals surface area contributed by atoms with Gasteiger partial charge in [-0.1, -0.05) is 13.3 Å².